The Kier molecular flexibility index (Phi) is 8.21. The number of ether oxygens (including phenoxy) is 1. The van der Waals surface area contributed by atoms with Crippen LogP contribution in [-0.4, -0.2) is 24.6 Å². The molecule has 0 bridgehead atoms. The lowest BCUT2D eigenvalue weighted by molar-refractivity contribution is -0.0498. The first-order valence-corrected chi connectivity index (χ1v) is 6.53. The molecule has 4 nitrogen and oxygen atoms in total. The summed E-state index contributed by atoms with van der Waals surface area (Å²) in [7, 11) is 0. The summed E-state index contributed by atoms with van der Waals surface area (Å²) in [6.45, 7) is 1.38. The van der Waals surface area contributed by atoms with Crippen molar-refractivity contribution in [2.75, 3.05) is 6.54 Å². The monoisotopic (exact) mass is 322 g/mol. The maximum absolute atomic E-state index is 12.1. The second-order valence-corrected chi connectivity index (χ2v) is 4.55. The lowest BCUT2D eigenvalue weighted by atomic mass is 9.92. The van der Waals surface area contributed by atoms with Gasteiger partial charge in [-0.1, -0.05) is 13.8 Å². The molecule has 0 saturated carbocycles. The van der Waals surface area contributed by atoms with Crippen molar-refractivity contribution in [1.29, 1.82) is 0 Å². The van der Waals surface area contributed by atoms with Gasteiger partial charge < -0.3 is 15.8 Å². The van der Waals surface area contributed by atoms with Gasteiger partial charge in [-0.05, 0) is 37.1 Å². The summed E-state index contributed by atoms with van der Waals surface area (Å²) in [5.74, 6) is -0.254. The average molecular weight is 323 g/mol. The van der Waals surface area contributed by atoms with Gasteiger partial charge in [0, 0.05) is 12.1 Å². The molecule has 1 amide bonds. The molecule has 0 aromatic heterocycles. The van der Waals surface area contributed by atoms with Crippen LogP contribution in [0.25, 0.3) is 0 Å². The van der Waals surface area contributed by atoms with Crippen molar-refractivity contribution in [3.8, 4) is 5.75 Å². The molecule has 0 atom stereocenters. The van der Waals surface area contributed by atoms with Crippen LogP contribution in [-0.2, 0) is 0 Å². The summed E-state index contributed by atoms with van der Waals surface area (Å²) in [4.78, 5) is 12.1. The van der Waals surface area contributed by atoms with Crippen LogP contribution >= 0.6 is 12.4 Å². The van der Waals surface area contributed by atoms with Crippen molar-refractivity contribution in [3.63, 3.8) is 0 Å². The highest BCUT2D eigenvalue weighted by Gasteiger charge is 2.26. The predicted molar refractivity (Wildman–Crippen MR) is 80.2 cm³/mol. The lowest BCUT2D eigenvalue weighted by Crippen LogP contribution is -2.52. The maximum atomic E-state index is 12.1. The Bertz CT molecular complexity index is 429. The molecule has 0 heterocycles. The number of amides is 1. The number of carbonyl (C=O) groups excluding carboxylic acids is 1. The predicted octanol–water partition coefficient (Wildman–Crippen LogP) is 2.96. The molecule has 0 aliphatic carbocycles. The molecule has 120 valence electrons. The first kappa shape index (κ1) is 19.6. The molecule has 0 fully saturated rings. The van der Waals surface area contributed by atoms with E-state index >= 15 is 0 Å². The van der Waals surface area contributed by atoms with E-state index in [9.17, 15) is 13.6 Å². The van der Waals surface area contributed by atoms with Gasteiger partial charge in [-0.3, -0.25) is 4.79 Å². The van der Waals surface area contributed by atoms with Crippen LogP contribution in [0.2, 0.25) is 0 Å². The van der Waals surface area contributed by atoms with E-state index in [4.69, 9.17) is 5.73 Å². The van der Waals surface area contributed by atoms with Gasteiger partial charge in [-0.25, -0.2) is 0 Å². The fourth-order valence-electron chi connectivity index (χ4n) is 1.87. The quantitative estimate of drug-likeness (QED) is 0.811. The molecule has 0 radical (unpaired) electrons. The van der Waals surface area contributed by atoms with Crippen LogP contribution in [0.5, 0.6) is 5.75 Å². The van der Waals surface area contributed by atoms with Crippen molar-refractivity contribution >= 4 is 18.3 Å². The van der Waals surface area contributed by atoms with E-state index in [1.54, 1.807) is 0 Å². The largest absolute Gasteiger partial charge is 0.435 e. The zero-order valence-corrected chi connectivity index (χ0v) is 12.9. The molecule has 1 aromatic carbocycles. The molecule has 7 heteroatoms. The Morgan fingerprint density at radius 2 is 1.81 bits per heavy atom. The number of alkyl halides is 2. The Morgan fingerprint density at radius 3 is 2.19 bits per heavy atom. The molecule has 1 aromatic rings. The fraction of sp³-hybridized carbons (Fsp3) is 0.500. The molecule has 0 aliphatic heterocycles. The zero-order chi connectivity index (χ0) is 15.2. The smallest absolute Gasteiger partial charge is 0.387 e. The van der Waals surface area contributed by atoms with Gasteiger partial charge in [0.1, 0.15) is 5.75 Å². The minimum atomic E-state index is -2.88. The number of benzene rings is 1. The van der Waals surface area contributed by atoms with Gasteiger partial charge in [0.25, 0.3) is 5.91 Å². The van der Waals surface area contributed by atoms with Crippen LogP contribution < -0.4 is 15.8 Å². The van der Waals surface area contributed by atoms with Crippen LogP contribution in [0.1, 0.15) is 37.0 Å². The lowest BCUT2D eigenvalue weighted by Gasteiger charge is -2.31. The first-order valence-electron chi connectivity index (χ1n) is 6.53. The maximum Gasteiger partial charge on any atom is 0.387 e. The third-order valence-corrected chi connectivity index (χ3v) is 3.46. The second-order valence-electron chi connectivity index (χ2n) is 4.55. The van der Waals surface area contributed by atoms with E-state index in [2.05, 4.69) is 10.1 Å². The van der Waals surface area contributed by atoms with E-state index < -0.39 is 12.2 Å². The van der Waals surface area contributed by atoms with Gasteiger partial charge in [-0.15, -0.1) is 12.4 Å². The number of hydrogen-bond acceptors (Lipinski definition) is 3. The van der Waals surface area contributed by atoms with Crippen molar-refractivity contribution in [2.24, 2.45) is 5.73 Å². The zero-order valence-electron chi connectivity index (χ0n) is 12.1. The molecule has 3 N–H and O–H groups in total. The number of carbonyl (C=O) groups is 1. The number of hydrogen-bond donors (Lipinski definition) is 2. The van der Waals surface area contributed by atoms with Crippen molar-refractivity contribution in [1.82, 2.24) is 5.32 Å². The Balaban J connectivity index is 0.00000400. The summed E-state index contributed by atoms with van der Waals surface area (Å²) in [5.41, 5.74) is 5.66. The van der Waals surface area contributed by atoms with Gasteiger partial charge in [0.05, 0.1) is 5.54 Å². The number of nitrogens with two attached hydrogens (primary N) is 1. The second kappa shape index (κ2) is 8.79. The standard InChI is InChI=1S/C14H20F2N2O2.ClH/c1-3-14(4-2,9-17)18-12(19)10-5-7-11(8-6-10)20-13(15)16;/h5-8,13H,3-4,9,17H2,1-2H3,(H,18,19);1H. The summed E-state index contributed by atoms with van der Waals surface area (Å²) in [6, 6.07) is 5.56. The highest BCUT2D eigenvalue weighted by atomic mass is 35.5. The van der Waals surface area contributed by atoms with E-state index in [0.29, 0.717) is 12.1 Å². The van der Waals surface area contributed by atoms with Gasteiger partial charge in [0.2, 0.25) is 0 Å². The summed E-state index contributed by atoms with van der Waals surface area (Å²) >= 11 is 0. The number of nitrogens with one attached hydrogen (secondary N) is 1. The van der Waals surface area contributed by atoms with Crippen molar-refractivity contribution in [3.05, 3.63) is 29.8 Å². The van der Waals surface area contributed by atoms with Crippen LogP contribution in [0.3, 0.4) is 0 Å². The third-order valence-electron chi connectivity index (χ3n) is 3.46. The molecule has 21 heavy (non-hydrogen) atoms. The van der Waals surface area contributed by atoms with Gasteiger partial charge in [0.15, 0.2) is 0 Å². The highest BCUT2D eigenvalue weighted by molar-refractivity contribution is 5.94. The van der Waals surface area contributed by atoms with Crippen molar-refractivity contribution in [2.45, 2.75) is 38.8 Å². The van der Waals surface area contributed by atoms with E-state index in [0.717, 1.165) is 12.8 Å². The Morgan fingerprint density at radius 1 is 1.29 bits per heavy atom. The molecule has 1 rings (SSSR count). The molecule has 0 aliphatic rings. The first-order chi connectivity index (χ1) is 9.46. The number of halogens is 3. The number of rotatable bonds is 7. The van der Waals surface area contributed by atoms with Gasteiger partial charge >= 0.3 is 6.61 Å². The molecular weight excluding hydrogens is 302 g/mol. The SMILES string of the molecule is CCC(CC)(CN)NC(=O)c1ccc(OC(F)F)cc1.Cl. The van der Waals surface area contributed by atoms with Crippen LogP contribution in [0, 0.1) is 0 Å². The molecule has 0 spiro atoms. The summed E-state index contributed by atoms with van der Waals surface area (Å²) < 4.78 is 28.3. The molecule has 0 saturated heterocycles. The summed E-state index contributed by atoms with van der Waals surface area (Å²) in [5, 5.41) is 2.90. The van der Waals surface area contributed by atoms with Crippen LogP contribution in [0.15, 0.2) is 24.3 Å². The van der Waals surface area contributed by atoms with E-state index in [-0.39, 0.29) is 24.1 Å². The molecular formula is C14H21ClF2N2O2. The highest BCUT2D eigenvalue weighted by Crippen LogP contribution is 2.17. The Labute approximate surface area is 129 Å². The van der Waals surface area contributed by atoms with E-state index in [1.165, 1.54) is 24.3 Å². The topological polar surface area (TPSA) is 64.3 Å². The normalized spacial score (nSPS) is 11.0. The van der Waals surface area contributed by atoms with Crippen molar-refractivity contribution < 1.29 is 18.3 Å². The molecule has 0 unspecified atom stereocenters. The summed E-state index contributed by atoms with van der Waals surface area (Å²) in [6.07, 6.45) is 1.44. The third kappa shape index (κ3) is 5.47. The minimum absolute atomic E-state index is 0. The minimum Gasteiger partial charge on any atom is -0.435 e. The Hall–Kier alpha value is -1.40. The van der Waals surface area contributed by atoms with Crippen LogP contribution in [0.4, 0.5) is 8.78 Å². The average Bonchev–Trinajstić information content (AvgIpc) is 2.45. The van der Waals surface area contributed by atoms with Gasteiger partial charge in [-0.2, -0.15) is 8.78 Å². The van der Waals surface area contributed by atoms with E-state index in [1.807, 2.05) is 13.8 Å². The fourth-order valence-corrected chi connectivity index (χ4v) is 1.87.